The van der Waals surface area contributed by atoms with Crippen molar-refractivity contribution < 1.29 is 0 Å². The summed E-state index contributed by atoms with van der Waals surface area (Å²) in [6, 6.07) is 0. The summed E-state index contributed by atoms with van der Waals surface area (Å²) < 4.78 is 2.63. The predicted octanol–water partition coefficient (Wildman–Crippen LogP) is 0.607. The molecule has 0 aliphatic carbocycles. The van der Waals surface area contributed by atoms with Crippen LogP contribution in [0.3, 0.4) is 0 Å². The fourth-order valence-corrected chi connectivity index (χ4v) is 3.23. The maximum atomic E-state index is 11.9. The van der Waals surface area contributed by atoms with E-state index in [1.807, 2.05) is 13.8 Å². The van der Waals surface area contributed by atoms with Crippen LogP contribution in [0.5, 0.6) is 0 Å². The molecule has 4 heterocycles. The van der Waals surface area contributed by atoms with Crippen LogP contribution in [0.25, 0.3) is 22.3 Å². The second-order valence-corrected chi connectivity index (χ2v) is 8.50. The first-order valence-electron chi connectivity index (χ1n) is 10.4. The van der Waals surface area contributed by atoms with Crippen molar-refractivity contribution >= 4 is 22.3 Å². The Bertz CT molecular complexity index is 1460. The van der Waals surface area contributed by atoms with Gasteiger partial charge in [-0.2, -0.15) is 0 Å². The maximum absolute atomic E-state index is 11.9. The first kappa shape index (κ1) is 23.0. The number of aromatic nitrogens is 8. The zero-order valence-corrected chi connectivity index (χ0v) is 18.8. The van der Waals surface area contributed by atoms with Gasteiger partial charge in [-0.15, -0.1) is 0 Å². The minimum Gasteiger partial charge on any atom is -0.339 e. The van der Waals surface area contributed by atoms with E-state index >= 15 is 0 Å². The summed E-state index contributed by atoms with van der Waals surface area (Å²) in [5.74, 6) is 1.62. The number of H-pyrrole nitrogens is 4. The van der Waals surface area contributed by atoms with E-state index in [0.717, 1.165) is 23.2 Å². The lowest BCUT2D eigenvalue weighted by molar-refractivity contribution is 0.500. The van der Waals surface area contributed by atoms with Crippen LogP contribution in [0.4, 0.5) is 0 Å². The van der Waals surface area contributed by atoms with Crippen molar-refractivity contribution in [3.63, 3.8) is 0 Å². The van der Waals surface area contributed by atoms with Crippen LogP contribution in [0.15, 0.2) is 25.5 Å². The highest BCUT2D eigenvalue weighted by molar-refractivity contribution is 5.69. The van der Waals surface area contributed by atoms with Crippen molar-refractivity contribution in [2.24, 2.45) is 18.9 Å². The number of imidazole rings is 2. The smallest absolute Gasteiger partial charge is 0.332 e. The summed E-state index contributed by atoms with van der Waals surface area (Å²) >= 11 is 0. The molecule has 0 spiro atoms. The van der Waals surface area contributed by atoms with Crippen LogP contribution in [0, 0.1) is 11.8 Å². The van der Waals surface area contributed by atoms with Gasteiger partial charge in [-0.05, 0) is 18.3 Å². The van der Waals surface area contributed by atoms with E-state index in [0.29, 0.717) is 40.7 Å². The number of fused-ring (bicyclic) bond motifs is 2. The Hall–Kier alpha value is -3.70. The maximum Gasteiger partial charge on any atom is 0.332 e. The summed E-state index contributed by atoms with van der Waals surface area (Å²) in [7, 11) is 1.47. The molecule has 12 heteroatoms. The number of hydrogen-bond acceptors (Lipinski definition) is 6. The number of hydrogen-bond donors (Lipinski definition) is 4. The molecule has 4 aromatic heterocycles. The Balaban J connectivity index is 0.000000181. The molecule has 0 saturated carbocycles. The van der Waals surface area contributed by atoms with Crippen molar-refractivity contribution in [1.29, 1.82) is 0 Å². The van der Waals surface area contributed by atoms with Gasteiger partial charge in [0.2, 0.25) is 0 Å². The average molecular weight is 444 g/mol. The summed E-state index contributed by atoms with van der Waals surface area (Å²) in [6.45, 7) is 8.81. The number of aromatic amines is 4. The van der Waals surface area contributed by atoms with Crippen LogP contribution >= 0.6 is 0 Å². The normalized spacial score (nSPS) is 11.5. The fraction of sp³-hybridized carbons (Fsp3) is 0.500. The monoisotopic (exact) mass is 444 g/mol. The molecule has 0 radical (unpaired) electrons. The van der Waals surface area contributed by atoms with E-state index in [2.05, 4.69) is 43.8 Å². The molecule has 0 aromatic carbocycles. The summed E-state index contributed by atoms with van der Waals surface area (Å²) in [5.41, 5.74) is -0.146. The third kappa shape index (κ3) is 4.79. The van der Waals surface area contributed by atoms with E-state index in [1.54, 1.807) is 0 Å². The molecule has 0 aliphatic rings. The van der Waals surface area contributed by atoms with E-state index < -0.39 is 11.2 Å². The first-order valence-corrected chi connectivity index (χ1v) is 10.4. The van der Waals surface area contributed by atoms with Crippen LogP contribution in [0.2, 0.25) is 0 Å². The number of nitrogens with zero attached hydrogens (tertiary/aromatic N) is 4. The van der Waals surface area contributed by atoms with E-state index in [9.17, 15) is 19.2 Å². The molecule has 0 aliphatic heterocycles. The molecular formula is C20H28N8O4. The SMILES string of the molecule is CC(C)CCc1nc2[nH]c(=O)[nH]c(=O)c2[nH]1.CC(C)Cn1c(=O)n(C)c(=O)c2[nH]cnc21. The van der Waals surface area contributed by atoms with Gasteiger partial charge < -0.3 is 9.97 Å². The fourth-order valence-electron chi connectivity index (χ4n) is 3.23. The summed E-state index contributed by atoms with van der Waals surface area (Å²) in [4.78, 5) is 64.6. The van der Waals surface area contributed by atoms with Gasteiger partial charge in [-0.3, -0.25) is 28.7 Å². The third-order valence-corrected chi connectivity index (χ3v) is 4.86. The summed E-state index contributed by atoms with van der Waals surface area (Å²) in [6.07, 6.45) is 3.19. The molecular weight excluding hydrogens is 416 g/mol. The highest BCUT2D eigenvalue weighted by Gasteiger charge is 2.13. The molecule has 0 unspecified atom stereocenters. The highest BCUT2D eigenvalue weighted by Crippen LogP contribution is 2.08. The molecule has 4 rings (SSSR count). The molecule has 172 valence electrons. The molecule has 4 aromatic rings. The molecule has 32 heavy (non-hydrogen) atoms. The Kier molecular flexibility index (Phi) is 6.61. The lowest BCUT2D eigenvalue weighted by atomic mass is 10.1. The van der Waals surface area contributed by atoms with Gasteiger partial charge in [0.1, 0.15) is 16.9 Å². The Morgan fingerprint density at radius 1 is 0.969 bits per heavy atom. The lowest BCUT2D eigenvalue weighted by Gasteiger charge is -2.10. The Morgan fingerprint density at radius 3 is 2.34 bits per heavy atom. The van der Waals surface area contributed by atoms with Crippen LogP contribution in [-0.4, -0.2) is 39.0 Å². The molecule has 12 nitrogen and oxygen atoms in total. The largest absolute Gasteiger partial charge is 0.339 e. The minimum atomic E-state index is -0.528. The van der Waals surface area contributed by atoms with E-state index in [1.165, 1.54) is 17.9 Å². The second-order valence-electron chi connectivity index (χ2n) is 8.50. The summed E-state index contributed by atoms with van der Waals surface area (Å²) in [5, 5.41) is 0. The van der Waals surface area contributed by atoms with Crippen molar-refractivity contribution in [3.05, 3.63) is 53.8 Å². The lowest BCUT2D eigenvalue weighted by Crippen LogP contribution is -2.38. The standard InChI is InChI=1S/2C10H14N4O2/c1-6(2)4-14-8-7(11-5-12-8)9(15)13(3)10(14)16;1-5(2)3-4-6-11-7-8(12-6)13-10(16)14-9(7)15/h5-6H,4H2,1-3H3,(H,11,12);5H,3-4H2,1-2H3,(H3,11,12,13,14,15,16). The number of aryl methyl sites for hydroxylation is 1. The molecule has 0 fully saturated rings. The zero-order valence-electron chi connectivity index (χ0n) is 18.8. The molecule has 0 atom stereocenters. The van der Waals surface area contributed by atoms with Crippen molar-refractivity contribution in [3.8, 4) is 0 Å². The minimum absolute atomic E-state index is 0.315. The topological polar surface area (TPSA) is 167 Å². The van der Waals surface area contributed by atoms with Crippen LogP contribution in [-0.2, 0) is 20.0 Å². The Morgan fingerprint density at radius 2 is 1.69 bits per heavy atom. The van der Waals surface area contributed by atoms with Crippen LogP contribution in [0.1, 0.15) is 39.9 Å². The van der Waals surface area contributed by atoms with Gasteiger partial charge in [0.15, 0.2) is 11.3 Å². The van der Waals surface area contributed by atoms with Gasteiger partial charge in [0.25, 0.3) is 11.1 Å². The van der Waals surface area contributed by atoms with Crippen molar-refractivity contribution in [2.75, 3.05) is 0 Å². The second kappa shape index (κ2) is 9.20. The van der Waals surface area contributed by atoms with Crippen LogP contribution < -0.4 is 22.5 Å². The zero-order chi connectivity index (χ0) is 23.6. The van der Waals surface area contributed by atoms with Crippen molar-refractivity contribution in [2.45, 2.75) is 47.1 Å². The van der Waals surface area contributed by atoms with Gasteiger partial charge in [0, 0.05) is 20.0 Å². The van der Waals surface area contributed by atoms with E-state index in [-0.39, 0.29) is 11.2 Å². The molecule has 0 saturated heterocycles. The number of rotatable bonds is 5. The molecule has 0 amide bonds. The van der Waals surface area contributed by atoms with Gasteiger partial charge >= 0.3 is 11.4 Å². The number of nitrogens with one attached hydrogen (secondary N) is 4. The predicted molar refractivity (Wildman–Crippen MR) is 121 cm³/mol. The Labute approximate surface area is 181 Å². The third-order valence-electron chi connectivity index (χ3n) is 4.86. The first-order chi connectivity index (χ1) is 15.1. The van der Waals surface area contributed by atoms with Crippen molar-refractivity contribution in [1.82, 2.24) is 39.0 Å². The van der Waals surface area contributed by atoms with E-state index in [4.69, 9.17) is 0 Å². The highest BCUT2D eigenvalue weighted by atomic mass is 16.2. The van der Waals surface area contributed by atoms with Gasteiger partial charge in [0.05, 0.1) is 6.33 Å². The molecule has 0 bridgehead atoms. The molecule has 4 N–H and O–H groups in total. The van der Waals surface area contributed by atoms with Gasteiger partial charge in [-0.25, -0.2) is 19.6 Å². The van der Waals surface area contributed by atoms with Gasteiger partial charge in [-0.1, -0.05) is 27.7 Å². The quantitative estimate of drug-likeness (QED) is 0.352. The average Bonchev–Trinajstić information content (AvgIpc) is 3.35.